The molecule has 1 aromatic heterocycles. The normalized spacial score (nSPS) is 17.2. The van der Waals surface area contributed by atoms with Crippen LogP contribution in [0.5, 0.6) is 0 Å². The molecule has 1 atom stereocenters. The number of carbonyl (C=O) groups excluding carboxylic acids is 2. The zero-order chi connectivity index (χ0) is 16.4. The number of primary amides is 1. The zero-order valence-corrected chi connectivity index (χ0v) is 12.9. The third-order valence-electron chi connectivity index (χ3n) is 4.08. The van der Waals surface area contributed by atoms with Gasteiger partial charge in [-0.2, -0.15) is 5.10 Å². The molecule has 1 fully saturated rings. The first kappa shape index (κ1) is 15.2. The molecular weight excluding hydrogens is 294 g/mol. The maximum absolute atomic E-state index is 12.6. The number of aromatic nitrogens is 2. The maximum atomic E-state index is 12.6. The van der Waals surface area contributed by atoms with Gasteiger partial charge in [0.05, 0.1) is 5.69 Å². The van der Waals surface area contributed by atoms with Crippen LogP contribution < -0.4 is 11.1 Å². The van der Waals surface area contributed by atoms with Gasteiger partial charge in [0.15, 0.2) is 5.69 Å². The summed E-state index contributed by atoms with van der Waals surface area (Å²) in [5, 5.41) is 7.52. The molecule has 2 heterocycles. The van der Waals surface area contributed by atoms with Gasteiger partial charge in [0.2, 0.25) is 0 Å². The van der Waals surface area contributed by atoms with Crippen LogP contribution in [0.2, 0.25) is 0 Å². The minimum Gasteiger partial charge on any atom is -0.364 e. The molecule has 23 heavy (non-hydrogen) atoms. The molecule has 0 aliphatic carbocycles. The molecule has 0 saturated carbocycles. The second kappa shape index (κ2) is 6.21. The molecule has 120 valence electrons. The lowest BCUT2D eigenvalue weighted by molar-refractivity contribution is 0.0737. The van der Waals surface area contributed by atoms with E-state index in [2.05, 4.69) is 10.4 Å². The molecular formula is C16H19N5O2. The van der Waals surface area contributed by atoms with Crippen LogP contribution in [0.3, 0.4) is 0 Å². The van der Waals surface area contributed by atoms with E-state index in [1.54, 1.807) is 24.1 Å². The van der Waals surface area contributed by atoms with Gasteiger partial charge in [-0.25, -0.2) is 4.68 Å². The molecule has 3 N–H and O–H groups in total. The highest BCUT2D eigenvalue weighted by atomic mass is 16.2. The number of carbonyl (C=O) groups is 2. The average Bonchev–Trinajstić information content (AvgIpc) is 3.24. The smallest absolute Gasteiger partial charge is 0.274 e. The van der Waals surface area contributed by atoms with Crippen molar-refractivity contribution >= 4 is 11.8 Å². The third kappa shape index (κ3) is 2.95. The minimum absolute atomic E-state index is 0.140. The fraction of sp³-hybridized carbons (Fsp3) is 0.312. The highest BCUT2D eigenvalue weighted by molar-refractivity contribution is 5.97. The van der Waals surface area contributed by atoms with Gasteiger partial charge in [0.25, 0.3) is 11.8 Å². The Bertz CT molecular complexity index is 719. The molecule has 2 aromatic rings. The summed E-state index contributed by atoms with van der Waals surface area (Å²) < 4.78 is 1.41. The first-order valence-corrected chi connectivity index (χ1v) is 7.51. The topological polar surface area (TPSA) is 93.2 Å². The Balaban J connectivity index is 1.94. The molecule has 2 amide bonds. The number of rotatable bonds is 4. The van der Waals surface area contributed by atoms with Crippen LogP contribution in [-0.2, 0) is 0 Å². The standard InChI is InChI=1S/C16H19N5O2/c1-20(12-7-8-18-10-12)16(23)13-9-14(15(17)22)21(19-13)11-5-3-2-4-6-11/h2-6,9,12,18H,7-8,10H2,1H3,(H2,17,22)/t12-/m0/s1. The number of nitrogens with two attached hydrogens (primary N) is 1. The number of hydrogen-bond acceptors (Lipinski definition) is 4. The third-order valence-corrected chi connectivity index (χ3v) is 4.08. The van der Waals surface area contributed by atoms with Crippen molar-refractivity contribution in [1.29, 1.82) is 0 Å². The largest absolute Gasteiger partial charge is 0.364 e. The number of likely N-dealkylation sites (N-methyl/N-ethyl adjacent to an activating group) is 1. The molecule has 1 saturated heterocycles. The van der Waals surface area contributed by atoms with Crippen LogP contribution in [0.15, 0.2) is 36.4 Å². The summed E-state index contributed by atoms with van der Waals surface area (Å²) in [5.74, 6) is -0.832. The number of hydrogen-bond donors (Lipinski definition) is 2. The zero-order valence-electron chi connectivity index (χ0n) is 12.9. The van der Waals surface area contributed by atoms with Gasteiger partial charge in [-0.15, -0.1) is 0 Å². The quantitative estimate of drug-likeness (QED) is 0.855. The predicted octanol–water partition coefficient (Wildman–Crippen LogP) is 0.405. The van der Waals surface area contributed by atoms with Gasteiger partial charge in [-0.1, -0.05) is 18.2 Å². The summed E-state index contributed by atoms with van der Waals surface area (Å²) >= 11 is 0. The van der Waals surface area contributed by atoms with E-state index in [0.717, 1.165) is 19.5 Å². The molecule has 7 nitrogen and oxygen atoms in total. The first-order valence-electron chi connectivity index (χ1n) is 7.51. The van der Waals surface area contributed by atoms with E-state index in [4.69, 9.17) is 5.73 Å². The van der Waals surface area contributed by atoms with Gasteiger partial charge >= 0.3 is 0 Å². The molecule has 0 spiro atoms. The fourth-order valence-electron chi connectivity index (χ4n) is 2.74. The molecule has 1 aromatic carbocycles. The predicted molar refractivity (Wildman–Crippen MR) is 85.5 cm³/mol. The van der Waals surface area contributed by atoms with E-state index >= 15 is 0 Å². The van der Waals surface area contributed by atoms with E-state index in [1.807, 2.05) is 18.2 Å². The van der Waals surface area contributed by atoms with Crippen LogP contribution >= 0.6 is 0 Å². The summed E-state index contributed by atoms with van der Waals surface area (Å²) in [6.45, 7) is 1.66. The summed E-state index contributed by atoms with van der Waals surface area (Å²) in [5.41, 5.74) is 6.53. The van der Waals surface area contributed by atoms with Crippen LogP contribution in [0.4, 0.5) is 0 Å². The van der Waals surface area contributed by atoms with Crippen LogP contribution in [0, 0.1) is 0 Å². The Morgan fingerprint density at radius 1 is 1.35 bits per heavy atom. The van der Waals surface area contributed by atoms with Crippen LogP contribution in [0.1, 0.15) is 27.4 Å². The molecule has 3 rings (SSSR count). The van der Waals surface area contributed by atoms with Crippen molar-refractivity contribution in [2.45, 2.75) is 12.5 Å². The van der Waals surface area contributed by atoms with Crippen LogP contribution in [0.25, 0.3) is 5.69 Å². The highest BCUT2D eigenvalue weighted by Gasteiger charge is 2.27. The summed E-state index contributed by atoms with van der Waals surface area (Å²) in [6, 6.07) is 10.7. The number of amides is 2. The Morgan fingerprint density at radius 3 is 2.70 bits per heavy atom. The van der Waals surface area contributed by atoms with Gasteiger partial charge in [0, 0.05) is 25.7 Å². The molecule has 0 unspecified atom stereocenters. The molecule has 1 aliphatic rings. The summed E-state index contributed by atoms with van der Waals surface area (Å²) in [4.78, 5) is 26.0. The minimum atomic E-state index is -0.620. The SMILES string of the molecule is CN(C(=O)c1cc(C(N)=O)n(-c2ccccc2)n1)[C@H]1CCNC1. The number of nitrogens with zero attached hydrogens (tertiary/aromatic N) is 3. The van der Waals surface area contributed by atoms with Crippen molar-refractivity contribution in [3.05, 3.63) is 47.8 Å². The number of nitrogens with one attached hydrogen (secondary N) is 1. The average molecular weight is 313 g/mol. The van der Waals surface area contributed by atoms with E-state index in [9.17, 15) is 9.59 Å². The second-order valence-electron chi connectivity index (χ2n) is 5.59. The van der Waals surface area contributed by atoms with Crippen molar-refractivity contribution in [3.63, 3.8) is 0 Å². The van der Waals surface area contributed by atoms with Crippen molar-refractivity contribution in [3.8, 4) is 5.69 Å². The Labute approximate surface area is 134 Å². The Kier molecular flexibility index (Phi) is 4.12. The second-order valence-corrected chi connectivity index (χ2v) is 5.59. The molecule has 0 radical (unpaired) electrons. The Hall–Kier alpha value is -2.67. The van der Waals surface area contributed by atoms with E-state index in [1.165, 1.54) is 10.7 Å². The van der Waals surface area contributed by atoms with Gasteiger partial charge in [-0.3, -0.25) is 9.59 Å². The van der Waals surface area contributed by atoms with E-state index in [-0.39, 0.29) is 23.3 Å². The van der Waals surface area contributed by atoms with Crippen molar-refractivity contribution in [2.24, 2.45) is 5.73 Å². The summed E-state index contributed by atoms with van der Waals surface area (Å²) in [6.07, 6.45) is 0.907. The van der Waals surface area contributed by atoms with Crippen molar-refractivity contribution < 1.29 is 9.59 Å². The van der Waals surface area contributed by atoms with Crippen molar-refractivity contribution in [1.82, 2.24) is 20.0 Å². The van der Waals surface area contributed by atoms with Crippen LogP contribution in [-0.4, -0.2) is 52.7 Å². The molecule has 0 bridgehead atoms. The highest BCUT2D eigenvalue weighted by Crippen LogP contribution is 2.15. The lowest BCUT2D eigenvalue weighted by atomic mass is 10.2. The van der Waals surface area contributed by atoms with E-state index < -0.39 is 5.91 Å². The van der Waals surface area contributed by atoms with Gasteiger partial charge in [0.1, 0.15) is 5.69 Å². The number of benzene rings is 1. The summed E-state index contributed by atoms with van der Waals surface area (Å²) in [7, 11) is 1.76. The fourth-order valence-corrected chi connectivity index (χ4v) is 2.74. The monoisotopic (exact) mass is 313 g/mol. The molecule has 7 heteroatoms. The lowest BCUT2D eigenvalue weighted by Gasteiger charge is -2.22. The molecule has 1 aliphatic heterocycles. The lowest BCUT2D eigenvalue weighted by Crippen LogP contribution is -2.38. The van der Waals surface area contributed by atoms with Crippen molar-refractivity contribution in [2.75, 3.05) is 20.1 Å². The van der Waals surface area contributed by atoms with Gasteiger partial charge in [-0.05, 0) is 25.1 Å². The van der Waals surface area contributed by atoms with E-state index in [0.29, 0.717) is 5.69 Å². The maximum Gasteiger partial charge on any atom is 0.274 e. The van der Waals surface area contributed by atoms with Gasteiger partial charge < -0.3 is 16.0 Å². The first-order chi connectivity index (χ1) is 11.1. The Morgan fingerprint density at radius 2 is 2.09 bits per heavy atom. The number of para-hydroxylation sites is 1.